The monoisotopic (exact) mass is 278 g/mol. The molecule has 1 aliphatic carbocycles. The summed E-state index contributed by atoms with van der Waals surface area (Å²) < 4.78 is 10.4. The van der Waals surface area contributed by atoms with Crippen LogP contribution in [0.2, 0.25) is 0 Å². The molecule has 0 saturated heterocycles. The fourth-order valence-corrected chi connectivity index (χ4v) is 2.78. The first kappa shape index (κ1) is 14.7. The van der Waals surface area contributed by atoms with Gasteiger partial charge in [-0.3, -0.25) is 4.79 Å². The molecule has 1 amide bonds. The van der Waals surface area contributed by atoms with Gasteiger partial charge in [-0.25, -0.2) is 0 Å². The minimum absolute atomic E-state index is 0.0113. The summed E-state index contributed by atoms with van der Waals surface area (Å²) >= 11 is 0. The number of carbonyl (C=O) groups is 1. The number of nitrogens with two attached hydrogens (primary N) is 1. The van der Waals surface area contributed by atoms with Crippen molar-refractivity contribution < 1.29 is 14.3 Å². The van der Waals surface area contributed by atoms with Crippen LogP contribution in [0.4, 0.5) is 5.69 Å². The van der Waals surface area contributed by atoms with Crippen molar-refractivity contribution >= 4 is 11.6 Å². The summed E-state index contributed by atoms with van der Waals surface area (Å²) in [5, 5.41) is 2.94. The molecular weight excluding hydrogens is 256 g/mol. The fourth-order valence-electron chi connectivity index (χ4n) is 2.78. The summed E-state index contributed by atoms with van der Waals surface area (Å²) in [5.74, 6) is 1.65. The summed E-state index contributed by atoms with van der Waals surface area (Å²) in [7, 11) is 3.17. The Morgan fingerprint density at radius 2 is 1.90 bits per heavy atom. The molecule has 0 aliphatic heterocycles. The molecule has 0 radical (unpaired) electrons. The summed E-state index contributed by atoms with van der Waals surface area (Å²) in [5.41, 5.74) is 6.42. The van der Waals surface area contributed by atoms with E-state index >= 15 is 0 Å². The topological polar surface area (TPSA) is 73.6 Å². The van der Waals surface area contributed by atoms with Gasteiger partial charge in [0.15, 0.2) is 0 Å². The molecule has 1 fully saturated rings. The number of benzene rings is 1. The largest absolute Gasteiger partial charge is 0.497 e. The van der Waals surface area contributed by atoms with Crippen LogP contribution in [0.1, 0.15) is 19.3 Å². The second kappa shape index (κ2) is 6.61. The summed E-state index contributed by atoms with van der Waals surface area (Å²) in [6.45, 7) is 0.569. The normalized spacial score (nSPS) is 21.6. The van der Waals surface area contributed by atoms with Crippen LogP contribution in [0.5, 0.6) is 11.5 Å². The van der Waals surface area contributed by atoms with Crippen molar-refractivity contribution in [3.05, 3.63) is 18.2 Å². The first-order chi connectivity index (χ1) is 9.67. The Labute approximate surface area is 119 Å². The van der Waals surface area contributed by atoms with Crippen molar-refractivity contribution in [2.75, 3.05) is 26.1 Å². The van der Waals surface area contributed by atoms with Gasteiger partial charge in [-0.05, 0) is 25.3 Å². The van der Waals surface area contributed by atoms with E-state index in [4.69, 9.17) is 15.2 Å². The molecule has 0 spiro atoms. The third-order valence-corrected chi connectivity index (χ3v) is 3.92. The van der Waals surface area contributed by atoms with Crippen LogP contribution in [0.25, 0.3) is 0 Å². The van der Waals surface area contributed by atoms with Crippen LogP contribution in [0, 0.1) is 11.8 Å². The highest BCUT2D eigenvalue weighted by atomic mass is 16.5. The van der Waals surface area contributed by atoms with Gasteiger partial charge < -0.3 is 20.5 Å². The van der Waals surface area contributed by atoms with Crippen molar-refractivity contribution in [3.8, 4) is 11.5 Å². The van der Waals surface area contributed by atoms with E-state index in [1.165, 1.54) is 0 Å². The third-order valence-electron chi connectivity index (χ3n) is 3.92. The van der Waals surface area contributed by atoms with Crippen LogP contribution >= 0.6 is 0 Å². The maximum Gasteiger partial charge on any atom is 0.227 e. The van der Waals surface area contributed by atoms with Gasteiger partial charge in [0.05, 0.1) is 14.2 Å². The van der Waals surface area contributed by atoms with E-state index < -0.39 is 0 Å². The van der Waals surface area contributed by atoms with Crippen LogP contribution in [0.15, 0.2) is 18.2 Å². The molecule has 0 bridgehead atoms. The van der Waals surface area contributed by atoms with Gasteiger partial charge in [-0.15, -0.1) is 0 Å². The van der Waals surface area contributed by atoms with E-state index in [1.54, 1.807) is 32.4 Å². The molecule has 3 N–H and O–H groups in total. The summed E-state index contributed by atoms with van der Waals surface area (Å²) in [6.07, 6.45) is 3.02. The van der Waals surface area contributed by atoms with Gasteiger partial charge in [-0.1, -0.05) is 6.42 Å². The highest BCUT2D eigenvalue weighted by molar-refractivity contribution is 5.93. The number of ether oxygens (including phenoxy) is 2. The lowest BCUT2D eigenvalue weighted by atomic mass is 9.95. The van der Waals surface area contributed by atoms with E-state index in [0.29, 0.717) is 29.6 Å². The molecule has 1 aliphatic rings. The predicted octanol–water partition coefficient (Wildman–Crippen LogP) is 2.02. The smallest absolute Gasteiger partial charge is 0.227 e. The van der Waals surface area contributed by atoms with Crippen LogP contribution in [-0.4, -0.2) is 26.7 Å². The second-order valence-electron chi connectivity index (χ2n) is 5.12. The number of amides is 1. The van der Waals surface area contributed by atoms with Gasteiger partial charge in [-0.2, -0.15) is 0 Å². The number of methoxy groups -OCH3 is 2. The Kier molecular flexibility index (Phi) is 4.84. The lowest BCUT2D eigenvalue weighted by Crippen LogP contribution is -2.29. The molecule has 1 saturated carbocycles. The van der Waals surface area contributed by atoms with E-state index in [-0.39, 0.29) is 11.8 Å². The molecule has 0 heterocycles. The maximum atomic E-state index is 12.3. The van der Waals surface area contributed by atoms with E-state index in [2.05, 4.69) is 5.32 Å². The van der Waals surface area contributed by atoms with E-state index in [1.807, 2.05) is 0 Å². The predicted molar refractivity (Wildman–Crippen MR) is 78.1 cm³/mol. The summed E-state index contributed by atoms with van der Waals surface area (Å²) in [4.78, 5) is 12.3. The van der Waals surface area contributed by atoms with E-state index in [9.17, 15) is 4.79 Å². The Bertz CT molecular complexity index is 454. The van der Waals surface area contributed by atoms with Crippen molar-refractivity contribution in [1.29, 1.82) is 0 Å². The number of anilines is 1. The Morgan fingerprint density at radius 3 is 2.45 bits per heavy atom. The van der Waals surface area contributed by atoms with Crippen molar-refractivity contribution in [2.45, 2.75) is 19.3 Å². The first-order valence-electron chi connectivity index (χ1n) is 6.92. The highest BCUT2D eigenvalue weighted by Crippen LogP contribution is 2.33. The zero-order valence-electron chi connectivity index (χ0n) is 12.0. The molecule has 5 heteroatoms. The first-order valence-corrected chi connectivity index (χ1v) is 6.92. The van der Waals surface area contributed by atoms with Crippen molar-refractivity contribution in [2.24, 2.45) is 17.6 Å². The van der Waals surface area contributed by atoms with Gasteiger partial charge in [0.2, 0.25) is 5.91 Å². The standard InChI is InChI=1S/C15H22N2O3/c1-19-12-6-11(7-13(8-12)20-2)17-15(18)14-5-3-4-10(14)9-16/h6-8,10,14H,3-5,9,16H2,1-2H3,(H,17,18)/t10-,14-/m1/s1. The Balaban J connectivity index is 2.10. The Morgan fingerprint density at radius 1 is 1.25 bits per heavy atom. The highest BCUT2D eigenvalue weighted by Gasteiger charge is 2.31. The number of nitrogens with one attached hydrogen (secondary N) is 1. The molecule has 0 aromatic heterocycles. The van der Waals surface area contributed by atoms with Gasteiger partial charge in [0.1, 0.15) is 11.5 Å². The van der Waals surface area contributed by atoms with Crippen molar-refractivity contribution in [3.63, 3.8) is 0 Å². The Hall–Kier alpha value is -1.75. The third kappa shape index (κ3) is 3.22. The fraction of sp³-hybridized carbons (Fsp3) is 0.533. The van der Waals surface area contributed by atoms with Gasteiger partial charge in [0, 0.05) is 29.8 Å². The summed E-state index contributed by atoms with van der Waals surface area (Å²) in [6, 6.07) is 5.34. The SMILES string of the molecule is COc1cc(NC(=O)[C@@H]2CCC[C@@H]2CN)cc(OC)c1. The molecule has 110 valence electrons. The van der Waals surface area contributed by atoms with Crippen LogP contribution in [-0.2, 0) is 4.79 Å². The molecule has 0 unspecified atom stereocenters. The lowest BCUT2D eigenvalue weighted by molar-refractivity contribution is -0.120. The molecule has 1 aromatic rings. The molecular formula is C15H22N2O3. The molecule has 20 heavy (non-hydrogen) atoms. The van der Waals surface area contributed by atoms with Gasteiger partial charge in [0.25, 0.3) is 0 Å². The number of rotatable bonds is 5. The average molecular weight is 278 g/mol. The minimum atomic E-state index is 0.0113. The average Bonchev–Trinajstić information content (AvgIpc) is 2.95. The minimum Gasteiger partial charge on any atom is -0.497 e. The van der Waals surface area contributed by atoms with Crippen LogP contribution in [0.3, 0.4) is 0 Å². The lowest BCUT2D eigenvalue weighted by Gasteiger charge is -2.18. The molecule has 5 nitrogen and oxygen atoms in total. The molecule has 2 rings (SSSR count). The second-order valence-corrected chi connectivity index (χ2v) is 5.12. The number of hydrogen-bond donors (Lipinski definition) is 2. The van der Waals surface area contributed by atoms with Gasteiger partial charge >= 0.3 is 0 Å². The van der Waals surface area contributed by atoms with E-state index in [0.717, 1.165) is 19.3 Å². The molecule has 1 aromatic carbocycles. The zero-order valence-corrected chi connectivity index (χ0v) is 12.0. The molecule has 2 atom stereocenters. The number of hydrogen-bond acceptors (Lipinski definition) is 4. The van der Waals surface area contributed by atoms with Crippen molar-refractivity contribution in [1.82, 2.24) is 0 Å². The number of carbonyl (C=O) groups excluding carboxylic acids is 1. The maximum absolute atomic E-state index is 12.3. The quantitative estimate of drug-likeness (QED) is 0.864. The zero-order chi connectivity index (χ0) is 14.5. The van der Waals surface area contributed by atoms with Crippen LogP contribution < -0.4 is 20.5 Å².